The summed E-state index contributed by atoms with van der Waals surface area (Å²) in [6.07, 6.45) is 1.58. The van der Waals surface area contributed by atoms with Gasteiger partial charge in [-0.3, -0.25) is 14.9 Å². The Morgan fingerprint density at radius 2 is 2.14 bits per heavy atom. The monoisotopic (exact) mass is 298 g/mol. The zero-order valence-corrected chi connectivity index (χ0v) is 11.3. The van der Waals surface area contributed by atoms with Gasteiger partial charge in [0.2, 0.25) is 0 Å². The normalized spacial score (nSPS) is 11.7. The van der Waals surface area contributed by atoms with Crippen LogP contribution in [0.15, 0.2) is 18.2 Å². The summed E-state index contributed by atoms with van der Waals surface area (Å²) in [5.41, 5.74) is -0.909. The number of hydrogen-bond donors (Lipinski definition) is 2. The van der Waals surface area contributed by atoms with Crippen molar-refractivity contribution in [1.29, 1.82) is 0 Å². The summed E-state index contributed by atoms with van der Waals surface area (Å²) in [7, 11) is 0. The Hall–Kier alpha value is -2.51. The van der Waals surface area contributed by atoms with Crippen LogP contribution in [0, 0.1) is 15.9 Å². The fourth-order valence-electron chi connectivity index (χ4n) is 1.70. The largest absolute Gasteiger partial charge is 0.480 e. The van der Waals surface area contributed by atoms with Crippen molar-refractivity contribution in [3.8, 4) is 0 Å². The molecule has 0 aromatic heterocycles. The molecule has 0 heterocycles. The molecular weight excluding hydrogens is 283 g/mol. The molecule has 0 aliphatic carbocycles. The van der Waals surface area contributed by atoms with Crippen molar-refractivity contribution >= 4 is 17.6 Å². The number of nitro benzene ring substituents is 1. The van der Waals surface area contributed by atoms with Crippen LogP contribution in [0.2, 0.25) is 0 Å². The molecule has 0 spiro atoms. The van der Waals surface area contributed by atoms with Crippen molar-refractivity contribution in [1.82, 2.24) is 5.32 Å². The number of amides is 1. The number of carbonyl (C=O) groups is 2. The van der Waals surface area contributed by atoms with Crippen LogP contribution in [0.5, 0.6) is 0 Å². The van der Waals surface area contributed by atoms with Crippen molar-refractivity contribution < 1.29 is 24.0 Å². The molecule has 0 bridgehead atoms. The summed E-state index contributed by atoms with van der Waals surface area (Å²) < 4.78 is 13.7. The molecule has 0 unspecified atom stereocenters. The van der Waals surface area contributed by atoms with Crippen LogP contribution in [0.25, 0.3) is 0 Å². The maximum Gasteiger partial charge on any atom is 0.326 e. The Morgan fingerprint density at radius 3 is 2.62 bits per heavy atom. The highest BCUT2D eigenvalue weighted by atomic mass is 19.1. The van der Waals surface area contributed by atoms with Gasteiger partial charge in [-0.1, -0.05) is 19.8 Å². The van der Waals surface area contributed by atoms with Gasteiger partial charge in [-0.15, -0.1) is 0 Å². The molecule has 0 radical (unpaired) electrons. The SMILES string of the molecule is CCCC[C@H](NC(=O)c1ccc([N+](=O)[O-])cc1F)C(=O)O. The molecule has 1 aromatic carbocycles. The second kappa shape index (κ2) is 7.32. The standard InChI is InChI=1S/C13H15FN2O5/c1-2-3-4-11(13(18)19)15-12(17)9-6-5-8(16(20)21)7-10(9)14/h5-7,11H,2-4H2,1H3,(H,15,17)(H,18,19)/t11-/m0/s1. The number of unbranched alkanes of at least 4 members (excludes halogenated alkanes) is 1. The molecule has 7 nitrogen and oxygen atoms in total. The molecule has 0 aliphatic rings. The van der Waals surface area contributed by atoms with E-state index in [9.17, 15) is 24.1 Å². The number of non-ortho nitro benzene ring substituents is 1. The first-order chi connectivity index (χ1) is 9.86. The molecule has 1 aromatic rings. The minimum Gasteiger partial charge on any atom is -0.480 e. The Balaban J connectivity index is 2.87. The lowest BCUT2D eigenvalue weighted by Gasteiger charge is -2.14. The van der Waals surface area contributed by atoms with Gasteiger partial charge in [-0.05, 0) is 12.5 Å². The third-order valence-corrected chi connectivity index (χ3v) is 2.86. The van der Waals surface area contributed by atoms with Gasteiger partial charge in [0.25, 0.3) is 11.6 Å². The second-order valence-corrected chi connectivity index (χ2v) is 4.43. The van der Waals surface area contributed by atoms with Crippen LogP contribution < -0.4 is 5.32 Å². The molecular formula is C13H15FN2O5. The minimum atomic E-state index is -1.21. The smallest absolute Gasteiger partial charge is 0.326 e. The lowest BCUT2D eigenvalue weighted by molar-refractivity contribution is -0.385. The van der Waals surface area contributed by atoms with Crippen molar-refractivity contribution in [2.75, 3.05) is 0 Å². The van der Waals surface area contributed by atoms with Crippen molar-refractivity contribution in [3.63, 3.8) is 0 Å². The molecule has 0 saturated heterocycles. The molecule has 114 valence electrons. The first-order valence-corrected chi connectivity index (χ1v) is 6.34. The van der Waals surface area contributed by atoms with E-state index in [4.69, 9.17) is 5.11 Å². The number of rotatable bonds is 7. The van der Waals surface area contributed by atoms with Gasteiger partial charge in [0.1, 0.15) is 11.9 Å². The molecule has 2 N–H and O–H groups in total. The number of hydrogen-bond acceptors (Lipinski definition) is 4. The predicted molar refractivity (Wildman–Crippen MR) is 71.5 cm³/mol. The van der Waals surface area contributed by atoms with E-state index in [0.29, 0.717) is 12.5 Å². The van der Waals surface area contributed by atoms with Crippen LogP contribution in [-0.2, 0) is 4.79 Å². The first-order valence-electron chi connectivity index (χ1n) is 6.34. The zero-order valence-electron chi connectivity index (χ0n) is 11.3. The quantitative estimate of drug-likeness (QED) is 0.591. The summed E-state index contributed by atoms with van der Waals surface area (Å²) in [5, 5.41) is 21.7. The molecule has 1 atom stereocenters. The van der Waals surface area contributed by atoms with Crippen LogP contribution in [0.4, 0.5) is 10.1 Å². The lowest BCUT2D eigenvalue weighted by Crippen LogP contribution is -2.41. The maximum absolute atomic E-state index is 13.7. The lowest BCUT2D eigenvalue weighted by atomic mass is 10.1. The summed E-state index contributed by atoms with van der Waals surface area (Å²) >= 11 is 0. The van der Waals surface area contributed by atoms with E-state index in [2.05, 4.69) is 5.32 Å². The summed E-state index contributed by atoms with van der Waals surface area (Å²) in [4.78, 5) is 32.5. The Labute approximate surface area is 119 Å². The third kappa shape index (κ3) is 4.51. The highest BCUT2D eigenvalue weighted by Gasteiger charge is 2.22. The Morgan fingerprint density at radius 1 is 1.48 bits per heavy atom. The maximum atomic E-state index is 13.7. The van der Waals surface area contributed by atoms with E-state index < -0.39 is 39.9 Å². The molecule has 0 aliphatic heterocycles. The van der Waals surface area contributed by atoms with Gasteiger partial charge in [0.15, 0.2) is 0 Å². The average Bonchev–Trinajstić information content (AvgIpc) is 2.42. The van der Waals surface area contributed by atoms with Gasteiger partial charge >= 0.3 is 5.97 Å². The zero-order chi connectivity index (χ0) is 16.0. The van der Waals surface area contributed by atoms with Crippen molar-refractivity contribution in [2.45, 2.75) is 32.2 Å². The van der Waals surface area contributed by atoms with E-state index >= 15 is 0 Å². The van der Waals surface area contributed by atoms with Crippen LogP contribution >= 0.6 is 0 Å². The van der Waals surface area contributed by atoms with Gasteiger partial charge < -0.3 is 10.4 Å². The van der Waals surface area contributed by atoms with Crippen LogP contribution in [0.3, 0.4) is 0 Å². The van der Waals surface area contributed by atoms with Crippen molar-refractivity contribution in [2.24, 2.45) is 0 Å². The third-order valence-electron chi connectivity index (χ3n) is 2.86. The van der Waals surface area contributed by atoms with E-state index in [0.717, 1.165) is 18.6 Å². The number of nitro groups is 1. The van der Waals surface area contributed by atoms with Crippen LogP contribution in [-0.4, -0.2) is 27.9 Å². The predicted octanol–water partition coefficient (Wildman–Crippen LogP) is 2.11. The highest BCUT2D eigenvalue weighted by Crippen LogP contribution is 2.16. The summed E-state index contributed by atoms with van der Waals surface area (Å²) in [6.45, 7) is 1.87. The number of benzene rings is 1. The number of nitrogens with one attached hydrogen (secondary N) is 1. The second-order valence-electron chi connectivity index (χ2n) is 4.43. The van der Waals surface area contributed by atoms with E-state index in [1.165, 1.54) is 0 Å². The fraction of sp³-hybridized carbons (Fsp3) is 0.385. The average molecular weight is 298 g/mol. The highest BCUT2D eigenvalue weighted by molar-refractivity contribution is 5.97. The molecule has 21 heavy (non-hydrogen) atoms. The number of aliphatic carboxylic acids is 1. The topological polar surface area (TPSA) is 110 Å². The molecule has 1 rings (SSSR count). The molecule has 0 saturated carbocycles. The molecule has 0 fully saturated rings. The van der Waals surface area contributed by atoms with Crippen LogP contribution in [0.1, 0.15) is 36.5 Å². The first kappa shape index (κ1) is 16.5. The van der Waals surface area contributed by atoms with Gasteiger partial charge in [0, 0.05) is 6.07 Å². The number of halogens is 1. The molecule has 8 heteroatoms. The summed E-state index contributed by atoms with van der Waals surface area (Å²) in [5.74, 6) is -3.19. The number of carboxylic acids is 1. The number of carboxylic acid groups (broad SMARTS) is 1. The number of nitrogens with zero attached hydrogens (tertiary/aromatic N) is 1. The van der Waals surface area contributed by atoms with Gasteiger partial charge in [0.05, 0.1) is 16.6 Å². The summed E-state index contributed by atoms with van der Waals surface area (Å²) in [6, 6.07) is 1.45. The van der Waals surface area contributed by atoms with E-state index in [1.54, 1.807) is 0 Å². The van der Waals surface area contributed by atoms with E-state index in [1.807, 2.05) is 6.92 Å². The Bertz CT molecular complexity index is 561. The van der Waals surface area contributed by atoms with Gasteiger partial charge in [-0.2, -0.15) is 0 Å². The number of carbonyl (C=O) groups excluding carboxylic acids is 1. The van der Waals surface area contributed by atoms with Crippen molar-refractivity contribution in [3.05, 3.63) is 39.7 Å². The van der Waals surface area contributed by atoms with E-state index in [-0.39, 0.29) is 6.42 Å². The Kier molecular flexibility index (Phi) is 5.77. The molecule has 1 amide bonds. The minimum absolute atomic E-state index is 0.228. The fourth-order valence-corrected chi connectivity index (χ4v) is 1.70. The van der Waals surface area contributed by atoms with Gasteiger partial charge in [-0.25, -0.2) is 9.18 Å².